The average Bonchev–Trinajstić information content (AvgIpc) is 3.12. The van der Waals surface area contributed by atoms with E-state index in [-0.39, 0.29) is 17.1 Å². The molecule has 2 aromatic carbocycles. The third-order valence-corrected chi connectivity index (χ3v) is 6.44. The van der Waals surface area contributed by atoms with Crippen molar-refractivity contribution in [3.63, 3.8) is 0 Å². The van der Waals surface area contributed by atoms with Crippen LogP contribution in [0.2, 0.25) is 9.36 Å². The fraction of sp³-hybridized carbons (Fsp3) is 0.0500. The highest BCUT2D eigenvalue weighted by Crippen LogP contribution is 2.26. The smallest absolute Gasteiger partial charge is 0.266 e. The van der Waals surface area contributed by atoms with Crippen molar-refractivity contribution < 1.29 is 4.79 Å². The zero-order valence-electron chi connectivity index (χ0n) is 14.3. The van der Waals surface area contributed by atoms with Gasteiger partial charge in [-0.05, 0) is 42.5 Å². The van der Waals surface area contributed by atoms with Crippen LogP contribution in [0.15, 0.2) is 70.6 Å². The molecule has 0 aliphatic rings. The van der Waals surface area contributed by atoms with Crippen LogP contribution in [0, 0.1) is 0 Å². The molecule has 0 aliphatic heterocycles. The van der Waals surface area contributed by atoms with Gasteiger partial charge in [0.05, 0.1) is 31.6 Å². The summed E-state index contributed by atoms with van der Waals surface area (Å²) in [6.07, 6.45) is 0. The maximum absolute atomic E-state index is 13.1. The van der Waals surface area contributed by atoms with Crippen LogP contribution >= 0.6 is 46.3 Å². The first-order valence-corrected chi connectivity index (χ1v) is 10.8. The van der Waals surface area contributed by atoms with Crippen molar-refractivity contribution >= 4 is 63.0 Å². The predicted molar refractivity (Wildman–Crippen MR) is 117 cm³/mol. The van der Waals surface area contributed by atoms with Gasteiger partial charge in [-0.25, -0.2) is 4.98 Å². The number of aromatic nitrogens is 2. The lowest BCUT2D eigenvalue weighted by Crippen LogP contribution is -2.22. The molecule has 0 aliphatic carbocycles. The molecule has 4 rings (SSSR count). The van der Waals surface area contributed by atoms with Gasteiger partial charge in [-0.1, -0.05) is 53.2 Å². The number of nitrogens with zero attached hydrogens (tertiary/aromatic N) is 2. The number of carbonyl (C=O) groups excluding carboxylic acids is 1. The predicted octanol–water partition coefficient (Wildman–Crippen LogP) is 5.73. The van der Waals surface area contributed by atoms with Gasteiger partial charge in [0.1, 0.15) is 0 Å². The summed E-state index contributed by atoms with van der Waals surface area (Å²) >= 11 is 14.5. The minimum absolute atomic E-state index is 0.0676. The number of thioether (sulfide) groups is 1. The van der Waals surface area contributed by atoms with Crippen molar-refractivity contribution in [1.29, 1.82) is 0 Å². The molecule has 0 radical (unpaired) electrons. The fourth-order valence-corrected chi connectivity index (χ4v) is 4.87. The number of thiophene rings is 1. The van der Waals surface area contributed by atoms with Gasteiger partial charge in [0.25, 0.3) is 5.56 Å². The van der Waals surface area contributed by atoms with E-state index < -0.39 is 0 Å². The summed E-state index contributed by atoms with van der Waals surface area (Å²) in [6.45, 7) is 0. The third kappa shape index (κ3) is 3.86. The van der Waals surface area contributed by atoms with Crippen LogP contribution in [0.5, 0.6) is 0 Å². The number of hydrogen-bond acceptors (Lipinski definition) is 5. The Bertz CT molecular complexity index is 1250. The van der Waals surface area contributed by atoms with Crippen LogP contribution in [0.1, 0.15) is 9.67 Å². The van der Waals surface area contributed by atoms with Crippen molar-refractivity contribution in [1.82, 2.24) is 9.55 Å². The molecular weight excluding hydrogens is 435 g/mol. The Morgan fingerprint density at radius 2 is 1.89 bits per heavy atom. The summed E-state index contributed by atoms with van der Waals surface area (Å²) in [6, 6.07) is 17.5. The SMILES string of the molecule is O=C(CSc1nc2ccccc2c(=O)n1-c1cccc(Cl)c1)c1ccc(Cl)s1. The van der Waals surface area contributed by atoms with E-state index >= 15 is 0 Å². The summed E-state index contributed by atoms with van der Waals surface area (Å²) in [5.74, 6) is 0.0734. The van der Waals surface area contributed by atoms with Crippen molar-refractivity contribution in [3.8, 4) is 5.69 Å². The number of carbonyl (C=O) groups is 1. The molecule has 8 heteroatoms. The first-order valence-electron chi connectivity index (χ1n) is 8.22. The van der Waals surface area contributed by atoms with Crippen LogP contribution in [0.3, 0.4) is 0 Å². The first kappa shape index (κ1) is 19.2. The van der Waals surface area contributed by atoms with Crippen molar-refractivity contribution in [2.24, 2.45) is 0 Å². The van der Waals surface area contributed by atoms with Crippen LogP contribution in [-0.2, 0) is 0 Å². The zero-order chi connectivity index (χ0) is 19.7. The second-order valence-corrected chi connectivity index (χ2v) is 8.94. The van der Waals surface area contributed by atoms with E-state index in [2.05, 4.69) is 4.98 Å². The standard InChI is InChI=1S/C20H12Cl2N2O2S2/c21-12-4-3-5-13(10-12)24-19(26)14-6-1-2-7-15(14)23-20(24)27-11-16(25)17-8-9-18(22)28-17/h1-10H,11H2. The van der Waals surface area contributed by atoms with Crippen LogP contribution < -0.4 is 5.56 Å². The summed E-state index contributed by atoms with van der Waals surface area (Å²) in [7, 11) is 0. The van der Waals surface area contributed by atoms with Gasteiger partial charge < -0.3 is 0 Å². The molecule has 0 saturated heterocycles. The van der Waals surface area contributed by atoms with Crippen LogP contribution in [0.4, 0.5) is 0 Å². The lowest BCUT2D eigenvalue weighted by molar-refractivity contribution is 0.102. The van der Waals surface area contributed by atoms with Crippen LogP contribution in [0.25, 0.3) is 16.6 Å². The van der Waals surface area contributed by atoms with Crippen LogP contribution in [-0.4, -0.2) is 21.1 Å². The largest absolute Gasteiger partial charge is 0.292 e. The van der Waals surface area contributed by atoms with Crippen molar-refractivity contribution in [3.05, 3.63) is 85.3 Å². The van der Waals surface area contributed by atoms with Gasteiger partial charge in [-0.15, -0.1) is 11.3 Å². The maximum Gasteiger partial charge on any atom is 0.266 e. The molecule has 0 spiro atoms. The molecule has 0 atom stereocenters. The van der Waals surface area contributed by atoms with E-state index in [0.717, 1.165) is 0 Å². The minimum Gasteiger partial charge on any atom is -0.292 e. The lowest BCUT2D eigenvalue weighted by atomic mass is 10.2. The third-order valence-electron chi connectivity index (χ3n) is 3.99. The molecule has 2 heterocycles. The van der Waals surface area contributed by atoms with Crippen molar-refractivity contribution in [2.45, 2.75) is 5.16 Å². The van der Waals surface area contributed by atoms with Crippen molar-refractivity contribution in [2.75, 3.05) is 5.75 Å². The van der Waals surface area contributed by atoms with Gasteiger partial charge in [-0.2, -0.15) is 0 Å². The van der Waals surface area contributed by atoms with Gasteiger partial charge in [0.15, 0.2) is 10.9 Å². The van der Waals surface area contributed by atoms with Gasteiger partial charge >= 0.3 is 0 Å². The normalized spacial score (nSPS) is 11.1. The molecule has 0 amide bonds. The Balaban J connectivity index is 1.78. The molecule has 0 unspecified atom stereocenters. The number of rotatable bonds is 5. The Morgan fingerprint density at radius 3 is 2.64 bits per heavy atom. The Labute approximate surface area is 178 Å². The maximum atomic E-state index is 13.1. The van der Waals surface area contributed by atoms with Gasteiger partial charge in [0.2, 0.25) is 0 Å². The second kappa shape index (κ2) is 8.09. The Hall–Kier alpha value is -2.12. The molecule has 0 saturated carbocycles. The van der Waals surface area contributed by atoms with E-state index in [0.29, 0.717) is 36.0 Å². The van der Waals surface area contributed by atoms with Gasteiger partial charge in [-0.3, -0.25) is 14.2 Å². The number of fused-ring (bicyclic) bond motifs is 1. The molecule has 2 aromatic heterocycles. The Morgan fingerprint density at radius 1 is 1.07 bits per heavy atom. The van der Waals surface area contributed by atoms with E-state index in [1.165, 1.54) is 27.7 Å². The molecule has 0 N–H and O–H groups in total. The number of para-hydroxylation sites is 1. The molecule has 0 bridgehead atoms. The summed E-state index contributed by atoms with van der Waals surface area (Å²) in [5, 5.41) is 1.45. The highest BCUT2D eigenvalue weighted by atomic mass is 35.5. The quantitative estimate of drug-likeness (QED) is 0.223. The minimum atomic E-state index is -0.206. The fourth-order valence-electron chi connectivity index (χ4n) is 2.72. The number of ketones is 1. The molecule has 28 heavy (non-hydrogen) atoms. The first-order chi connectivity index (χ1) is 13.5. The zero-order valence-corrected chi connectivity index (χ0v) is 17.4. The molecule has 0 fully saturated rings. The monoisotopic (exact) mass is 446 g/mol. The highest BCUT2D eigenvalue weighted by Gasteiger charge is 2.16. The number of Topliss-reactive ketones (excluding diaryl/α,β-unsaturated/α-hetero) is 1. The van der Waals surface area contributed by atoms with E-state index in [1.54, 1.807) is 54.6 Å². The van der Waals surface area contributed by atoms with E-state index in [4.69, 9.17) is 23.2 Å². The molecule has 4 nitrogen and oxygen atoms in total. The summed E-state index contributed by atoms with van der Waals surface area (Å²) in [4.78, 5) is 30.8. The molecule has 4 aromatic rings. The number of benzene rings is 2. The second-order valence-electron chi connectivity index (χ2n) is 5.85. The topological polar surface area (TPSA) is 52.0 Å². The molecular formula is C20H12Cl2N2O2S2. The van der Waals surface area contributed by atoms with E-state index in [9.17, 15) is 9.59 Å². The molecule has 140 valence electrons. The highest BCUT2D eigenvalue weighted by molar-refractivity contribution is 7.99. The lowest BCUT2D eigenvalue weighted by Gasteiger charge is -2.13. The van der Waals surface area contributed by atoms with Gasteiger partial charge in [0, 0.05) is 5.02 Å². The van der Waals surface area contributed by atoms with E-state index in [1.807, 2.05) is 6.07 Å². The number of halogens is 2. The Kier molecular flexibility index (Phi) is 5.55. The number of hydrogen-bond donors (Lipinski definition) is 0. The summed E-state index contributed by atoms with van der Waals surface area (Å²) in [5.41, 5.74) is 0.978. The average molecular weight is 447 g/mol. The summed E-state index contributed by atoms with van der Waals surface area (Å²) < 4.78 is 2.06.